The fourth-order valence-corrected chi connectivity index (χ4v) is 2.87. The molecule has 0 saturated heterocycles. The largest absolute Gasteiger partial charge is 0.489 e. The van der Waals surface area contributed by atoms with Gasteiger partial charge in [0, 0.05) is 31.8 Å². The van der Waals surface area contributed by atoms with Gasteiger partial charge in [-0.05, 0) is 38.5 Å². The van der Waals surface area contributed by atoms with Crippen LogP contribution in [0.25, 0.3) is 11.1 Å². The molecule has 1 heterocycles. The minimum Gasteiger partial charge on any atom is -0.489 e. The highest BCUT2D eigenvalue weighted by atomic mass is 19.1. The van der Waals surface area contributed by atoms with Gasteiger partial charge in [0.15, 0.2) is 5.58 Å². The number of aromatic nitrogens is 1. The van der Waals surface area contributed by atoms with Crippen molar-refractivity contribution in [2.24, 2.45) is 0 Å². The number of anilines is 1. The number of amides is 1. The first-order chi connectivity index (χ1) is 15.2. The summed E-state index contributed by atoms with van der Waals surface area (Å²) in [6.45, 7) is 5.87. The second kappa shape index (κ2) is 10.2. The number of halogens is 1. The van der Waals surface area contributed by atoms with Gasteiger partial charge in [-0.15, -0.1) is 0 Å². The summed E-state index contributed by atoms with van der Waals surface area (Å²) in [5.41, 5.74) is 2.04. The highest BCUT2D eigenvalue weighted by Crippen LogP contribution is 2.26. The Morgan fingerprint density at radius 1 is 1.22 bits per heavy atom. The minimum atomic E-state index is -0.624. The quantitative estimate of drug-likeness (QED) is 0.516. The molecule has 1 aromatic heterocycles. The predicted octanol–water partition coefficient (Wildman–Crippen LogP) is 5.22. The van der Waals surface area contributed by atoms with Gasteiger partial charge in [0.25, 0.3) is 6.01 Å². The number of alkyl carbamates (subject to hydrolysis) is 1. The number of benzene rings is 2. The van der Waals surface area contributed by atoms with E-state index in [1.54, 1.807) is 39.0 Å². The molecule has 0 saturated carbocycles. The second-order valence-corrected chi connectivity index (χ2v) is 8.38. The predicted molar refractivity (Wildman–Crippen MR) is 121 cm³/mol. The lowest BCUT2D eigenvalue weighted by Gasteiger charge is -2.20. The van der Waals surface area contributed by atoms with E-state index >= 15 is 0 Å². The zero-order valence-electron chi connectivity index (χ0n) is 18.7. The van der Waals surface area contributed by atoms with Crippen LogP contribution in [0, 0.1) is 0 Å². The molecule has 7 nitrogen and oxygen atoms in total. The molecule has 0 aliphatic heterocycles. The Kier molecular flexibility index (Phi) is 7.35. The average molecular weight is 442 g/mol. The molecule has 8 heteroatoms. The lowest BCUT2D eigenvalue weighted by molar-refractivity contribution is 0.0531. The van der Waals surface area contributed by atoms with Crippen LogP contribution in [0.15, 0.2) is 64.9 Å². The fourth-order valence-electron chi connectivity index (χ4n) is 2.87. The maximum Gasteiger partial charge on any atom is 0.407 e. The van der Waals surface area contributed by atoms with Crippen LogP contribution >= 0.6 is 0 Å². The third kappa shape index (κ3) is 6.73. The van der Waals surface area contributed by atoms with Crippen molar-refractivity contribution in [3.8, 4) is 5.75 Å². The van der Waals surface area contributed by atoms with Crippen molar-refractivity contribution in [1.29, 1.82) is 0 Å². The Morgan fingerprint density at radius 2 is 1.97 bits per heavy atom. The van der Waals surface area contributed by atoms with Crippen molar-refractivity contribution in [3.05, 3.63) is 66.0 Å². The summed E-state index contributed by atoms with van der Waals surface area (Å²) in [6, 6.07) is 15.8. The summed E-state index contributed by atoms with van der Waals surface area (Å²) in [7, 11) is 1.91. The minimum absolute atomic E-state index is 0.0234. The number of hydrogen-bond donors (Lipinski definition) is 1. The zero-order chi connectivity index (χ0) is 23.1. The van der Waals surface area contributed by atoms with Crippen LogP contribution in [0.3, 0.4) is 0 Å². The highest BCUT2D eigenvalue weighted by Gasteiger charge is 2.16. The molecular formula is C24H28FN3O4. The Hall–Kier alpha value is -3.55. The van der Waals surface area contributed by atoms with Crippen molar-refractivity contribution < 1.29 is 23.1 Å². The molecule has 0 atom stereocenters. The first-order valence-corrected chi connectivity index (χ1v) is 10.3. The number of fused-ring (bicyclic) bond motifs is 1. The molecule has 3 rings (SSSR count). The van der Waals surface area contributed by atoms with Crippen LogP contribution in [0.4, 0.5) is 15.2 Å². The van der Waals surface area contributed by atoms with Crippen molar-refractivity contribution in [2.75, 3.05) is 25.1 Å². The van der Waals surface area contributed by atoms with Crippen LogP contribution in [-0.2, 0) is 11.3 Å². The maximum atomic E-state index is 13.2. The molecule has 1 amide bonds. The van der Waals surface area contributed by atoms with Gasteiger partial charge in [-0.2, -0.15) is 4.98 Å². The van der Waals surface area contributed by atoms with E-state index in [0.29, 0.717) is 35.7 Å². The molecule has 0 fully saturated rings. The van der Waals surface area contributed by atoms with E-state index in [1.165, 1.54) is 0 Å². The number of nitrogens with zero attached hydrogens (tertiary/aromatic N) is 2. The van der Waals surface area contributed by atoms with Crippen LogP contribution in [0.1, 0.15) is 26.3 Å². The number of ether oxygens (including phenoxy) is 2. The summed E-state index contributed by atoms with van der Waals surface area (Å²) in [5.74, 6) is 0.502. The van der Waals surface area contributed by atoms with E-state index in [0.717, 1.165) is 5.56 Å². The molecule has 1 N–H and O–H groups in total. The Labute approximate surface area is 186 Å². The number of oxazole rings is 1. The van der Waals surface area contributed by atoms with Gasteiger partial charge in [0.2, 0.25) is 0 Å². The molecule has 0 bridgehead atoms. The SMILES string of the molecule is CN(Cc1ccccc1)c1nc2ccc(OC/C(=C/F)CNC(=O)OC(C)(C)C)cc2o1. The number of rotatable bonds is 8. The van der Waals surface area contributed by atoms with E-state index in [1.807, 2.05) is 42.3 Å². The first kappa shape index (κ1) is 23.1. The Morgan fingerprint density at radius 3 is 2.66 bits per heavy atom. The maximum absolute atomic E-state index is 13.2. The molecule has 0 radical (unpaired) electrons. The zero-order valence-corrected chi connectivity index (χ0v) is 18.7. The van der Waals surface area contributed by atoms with Crippen LogP contribution in [0.2, 0.25) is 0 Å². The number of carbonyl (C=O) groups excluding carboxylic acids is 1. The van der Waals surface area contributed by atoms with Crippen LogP contribution < -0.4 is 15.0 Å². The van der Waals surface area contributed by atoms with Gasteiger partial charge < -0.3 is 24.1 Å². The average Bonchev–Trinajstić information content (AvgIpc) is 3.17. The Balaban J connectivity index is 1.57. The van der Waals surface area contributed by atoms with Crippen molar-refractivity contribution >= 4 is 23.2 Å². The monoisotopic (exact) mass is 441 g/mol. The molecule has 2 aromatic carbocycles. The fraction of sp³-hybridized carbons (Fsp3) is 0.333. The molecule has 0 aliphatic carbocycles. The van der Waals surface area contributed by atoms with Gasteiger partial charge in [0.1, 0.15) is 23.5 Å². The van der Waals surface area contributed by atoms with Crippen molar-refractivity contribution in [1.82, 2.24) is 10.3 Å². The van der Waals surface area contributed by atoms with Crippen LogP contribution in [-0.4, -0.2) is 36.9 Å². The van der Waals surface area contributed by atoms with Gasteiger partial charge in [-0.25, -0.2) is 9.18 Å². The molecule has 170 valence electrons. The van der Waals surface area contributed by atoms with Crippen LogP contribution in [0.5, 0.6) is 5.75 Å². The number of nitrogens with one attached hydrogen (secondary N) is 1. The van der Waals surface area contributed by atoms with E-state index in [2.05, 4.69) is 10.3 Å². The first-order valence-electron chi connectivity index (χ1n) is 10.3. The van der Waals surface area contributed by atoms with E-state index in [4.69, 9.17) is 13.9 Å². The number of hydrogen-bond acceptors (Lipinski definition) is 6. The molecule has 3 aromatic rings. The lowest BCUT2D eigenvalue weighted by atomic mass is 10.2. The third-order valence-electron chi connectivity index (χ3n) is 4.37. The van der Waals surface area contributed by atoms with Crippen molar-refractivity contribution in [2.45, 2.75) is 32.9 Å². The van der Waals surface area contributed by atoms with E-state index in [9.17, 15) is 9.18 Å². The number of carbonyl (C=O) groups is 1. The molecule has 0 aliphatic rings. The summed E-state index contributed by atoms with van der Waals surface area (Å²) >= 11 is 0. The summed E-state index contributed by atoms with van der Waals surface area (Å²) < 4.78 is 29.9. The van der Waals surface area contributed by atoms with Gasteiger partial charge in [-0.1, -0.05) is 30.3 Å². The normalized spacial score (nSPS) is 12.0. The van der Waals surface area contributed by atoms with Crippen molar-refractivity contribution in [3.63, 3.8) is 0 Å². The third-order valence-corrected chi connectivity index (χ3v) is 4.37. The highest BCUT2D eigenvalue weighted by molar-refractivity contribution is 5.76. The van der Waals surface area contributed by atoms with Gasteiger partial charge in [0.05, 0.1) is 6.33 Å². The summed E-state index contributed by atoms with van der Waals surface area (Å²) in [6.07, 6.45) is -0.201. The molecule has 0 spiro atoms. The van der Waals surface area contributed by atoms with E-state index in [-0.39, 0.29) is 18.7 Å². The van der Waals surface area contributed by atoms with E-state index < -0.39 is 11.7 Å². The van der Waals surface area contributed by atoms with Gasteiger partial charge >= 0.3 is 6.09 Å². The standard InChI is InChI=1S/C24H28FN3O4/c1-24(2,3)32-23(29)26-14-18(13-25)16-30-19-10-11-20-21(12-19)31-22(27-20)28(4)15-17-8-6-5-7-9-17/h5-13H,14-16H2,1-4H3,(H,26,29)/b18-13+. The molecule has 0 unspecified atom stereocenters. The smallest absolute Gasteiger partial charge is 0.407 e. The second-order valence-electron chi connectivity index (χ2n) is 8.38. The topological polar surface area (TPSA) is 76.8 Å². The molecule has 32 heavy (non-hydrogen) atoms. The lowest BCUT2D eigenvalue weighted by Crippen LogP contribution is -2.34. The molecular weight excluding hydrogens is 413 g/mol. The summed E-state index contributed by atoms with van der Waals surface area (Å²) in [5, 5.41) is 2.51. The van der Waals surface area contributed by atoms with Gasteiger partial charge in [-0.3, -0.25) is 0 Å². The Bertz CT molecular complexity index is 1070. The summed E-state index contributed by atoms with van der Waals surface area (Å²) in [4.78, 5) is 18.2.